The summed E-state index contributed by atoms with van der Waals surface area (Å²) in [7, 11) is 0. The van der Waals surface area contributed by atoms with Gasteiger partial charge in [-0.05, 0) is 70.1 Å². The van der Waals surface area contributed by atoms with E-state index >= 15 is 0 Å². The Kier molecular flexibility index (Phi) is 6.52. The molecule has 4 aliphatic rings. The van der Waals surface area contributed by atoms with Gasteiger partial charge in [-0.25, -0.2) is 14.5 Å². The van der Waals surface area contributed by atoms with Crippen molar-refractivity contribution in [1.29, 1.82) is 5.26 Å². The number of fused-ring (bicyclic) bond motifs is 1. The van der Waals surface area contributed by atoms with Crippen LogP contribution >= 0.6 is 11.6 Å². The van der Waals surface area contributed by atoms with Crippen LogP contribution in [0, 0.1) is 17.2 Å². The molecular weight excluding hydrogens is 568 g/mol. The predicted octanol–water partition coefficient (Wildman–Crippen LogP) is 4.18. The molecular formula is C31H31ClN8O3. The first-order valence-corrected chi connectivity index (χ1v) is 14.8. The molecule has 2 saturated heterocycles. The van der Waals surface area contributed by atoms with Crippen LogP contribution in [0.1, 0.15) is 62.0 Å². The van der Waals surface area contributed by atoms with E-state index in [1.54, 1.807) is 61.3 Å². The molecule has 0 radical (unpaired) electrons. The molecule has 2 unspecified atom stereocenters. The number of carbonyl (C=O) groups is 1. The SMILES string of the molecule is CC(C)(O)COc1cc(-c2cnc(N3C4CC5CC3CC(NC(=O)c3ncccc3Cl)(C5)C4)cn2)c2c(C#N)cnn2c1. The maximum Gasteiger partial charge on any atom is 0.271 e. The van der Waals surface area contributed by atoms with Gasteiger partial charge in [0.1, 0.15) is 29.9 Å². The molecule has 2 saturated carbocycles. The number of nitrogens with zero attached hydrogens (tertiary/aromatic N) is 7. The van der Waals surface area contributed by atoms with E-state index in [1.165, 1.54) is 6.20 Å². The smallest absolute Gasteiger partial charge is 0.271 e. The van der Waals surface area contributed by atoms with Gasteiger partial charge in [0, 0.05) is 29.4 Å². The van der Waals surface area contributed by atoms with E-state index in [0.717, 1.165) is 37.9 Å². The molecule has 4 aromatic heterocycles. The molecule has 43 heavy (non-hydrogen) atoms. The van der Waals surface area contributed by atoms with Crippen molar-refractivity contribution in [2.45, 2.75) is 69.2 Å². The zero-order chi connectivity index (χ0) is 29.9. The van der Waals surface area contributed by atoms with E-state index in [-0.39, 0.29) is 35.8 Å². The van der Waals surface area contributed by atoms with Gasteiger partial charge < -0.3 is 20.1 Å². The van der Waals surface area contributed by atoms with Gasteiger partial charge in [-0.15, -0.1) is 0 Å². The molecule has 1 amide bonds. The summed E-state index contributed by atoms with van der Waals surface area (Å²) in [6, 6.07) is 7.88. The molecule has 12 heteroatoms. The van der Waals surface area contributed by atoms with Crippen molar-refractivity contribution in [2.24, 2.45) is 5.92 Å². The molecule has 2 aliphatic carbocycles. The maximum absolute atomic E-state index is 13.2. The molecule has 2 atom stereocenters. The monoisotopic (exact) mass is 598 g/mol. The number of amides is 1. The Bertz CT molecular complexity index is 1740. The Morgan fingerprint density at radius 1 is 1.21 bits per heavy atom. The largest absolute Gasteiger partial charge is 0.489 e. The van der Waals surface area contributed by atoms with Crippen molar-refractivity contribution in [1.82, 2.24) is 29.9 Å². The number of nitrogens with one attached hydrogen (secondary N) is 1. The van der Waals surface area contributed by atoms with Crippen LogP contribution in [-0.4, -0.2) is 65.4 Å². The van der Waals surface area contributed by atoms with Gasteiger partial charge in [-0.2, -0.15) is 10.4 Å². The van der Waals surface area contributed by atoms with Crippen LogP contribution in [0.15, 0.2) is 49.2 Å². The quantitative estimate of drug-likeness (QED) is 0.320. The van der Waals surface area contributed by atoms with Gasteiger partial charge in [-0.1, -0.05) is 11.6 Å². The van der Waals surface area contributed by atoms with Crippen molar-refractivity contribution in [2.75, 3.05) is 11.5 Å². The van der Waals surface area contributed by atoms with Crippen LogP contribution in [0.4, 0.5) is 5.82 Å². The van der Waals surface area contributed by atoms with Gasteiger partial charge in [0.25, 0.3) is 5.91 Å². The summed E-state index contributed by atoms with van der Waals surface area (Å²) < 4.78 is 7.44. The average molecular weight is 599 g/mol. The topological polar surface area (TPSA) is 142 Å². The lowest BCUT2D eigenvalue weighted by Gasteiger charge is -2.61. The van der Waals surface area contributed by atoms with E-state index in [1.807, 2.05) is 0 Å². The first-order chi connectivity index (χ1) is 20.6. The molecule has 8 rings (SSSR count). The number of halogens is 1. The normalized spacial score (nSPS) is 24.3. The highest BCUT2D eigenvalue weighted by atomic mass is 35.5. The number of carbonyl (C=O) groups excluding carboxylic acids is 1. The molecule has 2 N–H and O–H groups in total. The van der Waals surface area contributed by atoms with E-state index < -0.39 is 5.60 Å². The number of pyridine rings is 2. The highest BCUT2D eigenvalue weighted by Crippen LogP contribution is 2.52. The average Bonchev–Trinajstić information content (AvgIpc) is 3.38. The van der Waals surface area contributed by atoms with Crippen LogP contribution in [0.5, 0.6) is 5.75 Å². The maximum atomic E-state index is 13.2. The minimum Gasteiger partial charge on any atom is -0.489 e. The number of aliphatic hydroxyl groups is 1. The van der Waals surface area contributed by atoms with Gasteiger partial charge in [-0.3, -0.25) is 9.78 Å². The van der Waals surface area contributed by atoms with Crippen molar-refractivity contribution < 1.29 is 14.6 Å². The highest BCUT2D eigenvalue weighted by Gasteiger charge is 2.55. The number of nitriles is 1. The fourth-order valence-electron chi connectivity index (χ4n) is 7.31. The van der Waals surface area contributed by atoms with Crippen molar-refractivity contribution in [3.63, 3.8) is 0 Å². The lowest BCUT2D eigenvalue weighted by Crippen LogP contribution is -2.69. The van der Waals surface area contributed by atoms with Gasteiger partial charge in [0.15, 0.2) is 0 Å². The van der Waals surface area contributed by atoms with E-state index in [9.17, 15) is 15.2 Å². The fraction of sp³-hybridized carbons (Fsp3) is 0.419. The van der Waals surface area contributed by atoms with Crippen LogP contribution in [-0.2, 0) is 0 Å². The lowest BCUT2D eigenvalue weighted by molar-refractivity contribution is 0.0283. The summed E-state index contributed by atoms with van der Waals surface area (Å²) in [4.78, 5) is 29.4. The van der Waals surface area contributed by atoms with Crippen LogP contribution in [0.3, 0.4) is 0 Å². The molecule has 11 nitrogen and oxygen atoms in total. The van der Waals surface area contributed by atoms with Crippen LogP contribution in [0.25, 0.3) is 16.8 Å². The summed E-state index contributed by atoms with van der Waals surface area (Å²) in [5.41, 5.74) is 1.23. The Morgan fingerprint density at radius 2 is 2.00 bits per heavy atom. The molecule has 220 valence electrons. The summed E-state index contributed by atoms with van der Waals surface area (Å²) in [5, 5.41) is 27.9. The van der Waals surface area contributed by atoms with Crippen LogP contribution < -0.4 is 15.0 Å². The van der Waals surface area contributed by atoms with Crippen molar-refractivity contribution in [3.8, 4) is 23.1 Å². The van der Waals surface area contributed by atoms with Gasteiger partial charge >= 0.3 is 0 Å². The second-order valence-electron chi connectivity index (χ2n) is 12.6. The minimum atomic E-state index is -1.02. The Labute approximate surface area is 253 Å². The lowest BCUT2D eigenvalue weighted by atomic mass is 9.59. The Hall–Kier alpha value is -4.27. The summed E-state index contributed by atoms with van der Waals surface area (Å²) in [5.74, 6) is 1.60. The fourth-order valence-corrected chi connectivity index (χ4v) is 7.52. The molecule has 0 spiro atoms. The standard InChI is InChI=1S/C31H31ClN8O3/c1-30(2,42)17-43-22-8-23(28-19(12-33)13-37-39(28)16-22)25-14-36-26(15-35-25)40-20-6-18-7-21(40)11-31(9-18,10-20)38-29(41)27-24(32)4-3-5-34-27/h3-5,8,13-16,18,20-21,42H,6-7,9-11,17H2,1-2H3,(H,38,41). The van der Waals surface area contributed by atoms with E-state index in [4.69, 9.17) is 26.3 Å². The number of piperidine rings is 2. The zero-order valence-electron chi connectivity index (χ0n) is 23.9. The molecule has 0 aromatic carbocycles. The molecule has 2 aliphatic heterocycles. The summed E-state index contributed by atoms with van der Waals surface area (Å²) >= 11 is 6.27. The summed E-state index contributed by atoms with van der Waals surface area (Å²) in [6.45, 7) is 3.43. The minimum absolute atomic E-state index is 0.0878. The predicted molar refractivity (Wildman–Crippen MR) is 159 cm³/mol. The molecule has 4 bridgehead atoms. The molecule has 4 aromatic rings. The second-order valence-corrected chi connectivity index (χ2v) is 13.1. The van der Waals surface area contributed by atoms with Gasteiger partial charge in [0.2, 0.25) is 0 Å². The van der Waals surface area contributed by atoms with E-state index in [0.29, 0.717) is 39.0 Å². The third-order valence-corrected chi connectivity index (χ3v) is 9.06. The second kappa shape index (κ2) is 10.2. The number of aromatic nitrogens is 5. The third kappa shape index (κ3) is 5.04. The number of rotatable bonds is 7. The Morgan fingerprint density at radius 3 is 2.67 bits per heavy atom. The summed E-state index contributed by atoms with van der Waals surface area (Å²) in [6.07, 6.45) is 13.0. The van der Waals surface area contributed by atoms with Crippen LogP contribution in [0.2, 0.25) is 5.02 Å². The zero-order valence-corrected chi connectivity index (χ0v) is 24.6. The number of ether oxygens (including phenoxy) is 1. The van der Waals surface area contributed by atoms with E-state index in [2.05, 4.69) is 26.4 Å². The molecule has 6 heterocycles. The highest BCUT2D eigenvalue weighted by molar-refractivity contribution is 6.33. The van der Waals surface area contributed by atoms with Gasteiger partial charge in [0.05, 0.1) is 52.2 Å². The Balaban J connectivity index is 1.15. The number of hydrogen-bond donors (Lipinski definition) is 2. The number of hydrogen-bond acceptors (Lipinski definition) is 9. The van der Waals surface area contributed by atoms with Crippen molar-refractivity contribution in [3.05, 3.63) is 65.5 Å². The molecule has 4 fully saturated rings. The third-order valence-electron chi connectivity index (χ3n) is 8.76. The first-order valence-electron chi connectivity index (χ1n) is 14.4. The van der Waals surface area contributed by atoms with Crippen molar-refractivity contribution >= 4 is 28.8 Å². The first kappa shape index (κ1) is 27.6. The number of anilines is 1.